The predicted octanol–water partition coefficient (Wildman–Crippen LogP) is 5.44. The van der Waals surface area contributed by atoms with E-state index in [2.05, 4.69) is 67.9 Å². The molecule has 0 saturated carbocycles. The van der Waals surface area contributed by atoms with Gasteiger partial charge in [-0.05, 0) is 78.1 Å². The Balaban J connectivity index is 1.80. The number of hydrogen-bond donors (Lipinski definition) is 1. The van der Waals surface area contributed by atoms with Crippen LogP contribution in [0.3, 0.4) is 0 Å². The highest BCUT2D eigenvalue weighted by Gasteiger charge is 2.03. The second kappa shape index (κ2) is 5.29. The van der Waals surface area contributed by atoms with Gasteiger partial charge < -0.3 is 5.32 Å². The molecule has 3 rings (SSSR count). The normalized spacial score (nSPS) is 10.9. The van der Waals surface area contributed by atoms with Gasteiger partial charge in [0.2, 0.25) is 0 Å². The summed E-state index contributed by atoms with van der Waals surface area (Å²) in [4.78, 5) is 0. The molecule has 1 N–H and O–H groups in total. The Labute approximate surface area is 124 Å². The van der Waals surface area contributed by atoms with Crippen molar-refractivity contribution in [2.24, 2.45) is 0 Å². The predicted molar refractivity (Wildman–Crippen MR) is 89.8 cm³/mol. The van der Waals surface area contributed by atoms with E-state index in [9.17, 15) is 0 Å². The Morgan fingerprint density at radius 2 is 1.70 bits per heavy atom. The van der Waals surface area contributed by atoms with Gasteiger partial charge in [0.25, 0.3) is 0 Å². The average Bonchev–Trinajstić information content (AvgIpc) is 2.89. The molecule has 0 radical (unpaired) electrons. The number of rotatable bonds is 3. The van der Waals surface area contributed by atoms with Crippen LogP contribution in [0.2, 0.25) is 0 Å². The maximum Gasteiger partial charge on any atom is 0.0403 e. The largest absolute Gasteiger partial charge is 0.381 e. The van der Waals surface area contributed by atoms with Crippen molar-refractivity contribution in [1.82, 2.24) is 0 Å². The van der Waals surface area contributed by atoms with Gasteiger partial charge in [-0.25, -0.2) is 0 Å². The van der Waals surface area contributed by atoms with E-state index in [0.29, 0.717) is 0 Å². The topological polar surface area (TPSA) is 12.0 Å². The monoisotopic (exact) mass is 281 g/mol. The van der Waals surface area contributed by atoms with Crippen molar-refractivity contribution in [3.8, 4) is 0 Å². The number of thiophene rings is 1. The fourth-order valence-electron chi connectivity index (χ4n) is 2.48. The van der Waals surface area contributed by atoms with E-state index < -0.39 is 0 Å². The van der Waals surface area contributed by atoms with Crippen LogP contribution in [0.15, 0.2) is 41.8 Å². The highest BCUT2D eigenvalue weighted by Crippen LogP contribution is 2.24. The quantitative estimate of drug-likeness (QED) is 0.674. The minimum atomic E-state index is 0.878. The third-order valence-electron chi connectivity index (χ3n) is 3.89. The lowest BCUT2D eigenvalue weighted by Gasteiger charge is -2.12. The Kier molecular flexibility index (Phi) is 3.49. The van der Waals surface area contributed by atoms with E-state index in [0.717, 1.165) is 6.54 Å². The smallest absolute Gasteiger partial charge is 0.0403 e. The molecule has 0 aliphatic heterocycles. The number of fused-ring (bicyclic) bond motifs is 1. The molecular weight excluding hydrogens is 262 g/mol. The molecule has 2 heteroatoms. The molecule has 0 bridgehead atoms. The lowest BCUT2D eigenvalue weighted by molar-refractivity contribution is 1.10. The highest BCUT2D eigenvalue weighted by atomic mass is 32.1. The van der Waals surface area contributed by atoms with Crippen molar-refractivity contribution in [2.45, 2.75) is 27.3 Å². The summed E-state index contributed by atoms with van der Waals surface area (Å²) in [5.41, 5.74) is 6.65. The average molecular weight is 281 g/mol. The van der Waals surface area contributed by atoms with Crippen molar-refractivity contribution < 1.29 is 0 Å². The standard InChI is InChI=1S/C18H19NS/c1-12-8-14(3)16(9-13(12)2)11-19-17-4-5-18-15(10-17)6-7-20-18/h4-10,19H,11H2,1-3H3. The van der Waals surface area contributed by atoms with Gasteiger partial charge >= 0.3 is 0 Å². The van der Waals surface area contributed by atoms with E-state index in [-0.39, 0.29) is 0 Å². The first-order valence-corrected chi connectivity index (χ1v) is 7.79. The number of nitrogens with one attached hydrogen (secondary N) is 1. The summed E-state index contributed by atoms with van der Waals surface area (Å²) in [5, 5.41) is 6.99. The Hall–Kier alpha value is -1.80. The third kappa shape index (κ3) is 2.56. The molecule has 0 atom stereocenters. The second-order valence-electron chi connectivity index (χ2n) is 5.39. The van der Waals surface area contributed by atoms with Crippen LogP contribution < -0.4 is 5.32 Å². The fraction of sp³-hybridized carbons (Fsp3) is 0.222. The lowest BCUT2D eigenvalue weighted by atomic mass is 10.0. The molecule has 0 fully saturated rings. The third-order valence-corrected chi connectivity index (χ3v) is 4.79. The first kappa shape index (κ1) is 13.2. The number of aryl methyl sites for hydroxylation is 3. The van der Waals surface area contributed by atoms with Crippen molar-refractivity contribution >= 4 is 27.1 Å². The summed E-state index contributed by atoms with van der Waals surface area (Å²) in [6.45, 7) is 7.41. The van der Waals surface area contributed by atoms with Crippen LogP contribution in [0, 0.1) is 20.8 Å². The number of anilines is 1. The Bertz CT molecular complexity index is 755. The van der Waals surface area contributed by atoms with Gasteiger partial charge in [0.1, 0.15) is 0 Å². The van der Waals surface area contributed by atoms with Gasteiger partial charge in [-0.1, -0.05) is 12.1 Å². The molecule has 0 aliphatic rings. The zero-order chi connectivity index (χ0) is 14.1. The molecule has 102 valence electrons. The molecule has 0 amide bonds. The van der Waals surface area contributed by atoms with Gasteiger partial charge in [-0.2, -0.15) is 0 Å². The SMILES string of the molecule is Cc1cc(C)c(CNc2ccc3sccc3c2)cc1C. The van der Waals surface area contributed by atoms with Crippen LogP contribution in [-0.4, -0.2) is 0 Å². The van der Waals surface area contributed by atoms with Crippen LogP contribution in [0.25, 0.3) is 10.1 Å². The maximum absolute atomic E-state index is 3.54. The number of benzene rings is 2. The molecule has 1 nitrogen and oxygen atoms in total. The zero-order valence-corrected chi connectivity index (χ0v) is 13.0. The number of hydrogen-bond acceptors (Lipinski definition) is 2. The van der Waals surface area contributed by atoms with Gasteiger partial charge in [-0.15, -0.1) is 11.3 Å². The van der Waals surface area contributed by atoms with Gasteiger partial charge in [0.05, 0.1) is 0 Å². The highest BCUT2D eigenvalue weighted by molar-refractivity contribution is 7.17. The molecule has 0 spiro atoms. The van der Waals surface area contributed by atoms with Crippen LogP contribution in [-0.2, 0) is 6.54 Å². The molecule has 1 heterocycles. The summed E-state index contributed by atoms with van der Waals surface area (Å²) in [6, 6.07) is 13.3. The van der Waals surface area contributed by atoms with Crippen LogP contribution in [0.1, 0.15) is 22.3 Å². The Morgan fingerprint density at radius 3 is 2.55 bits per heavy atom. The molecule has 0 unspecified atom stereocenters. The molecular formula is C18H19NS. The van der Waals surface area contributed by atoms with Gasteiger partial charge in [0, 0.05) is 16.9 Å². The van der Waals surface area contributed by atoms with E-state index in [1.807, 2.05) is 0 Å². The second-order valence-corrected chi connectivity index (χ2v) is 6.34. The van der Waals surface area contributed by atoms with Crippen molar-refractivity contribution in [3.63, 3.8) is 0 Å². The van der Waals surface area contributed by atoms with Crippen molar-refractivity contribution in [3.05, 3.63) is 64.0 Å². The first-order valence-electron chi connectivity index (χ1n) is 6.91. The minimum Gasteiger partial charge on any atom is -0.381 e. The summed E-state index contributed by atoms with van der Waals surface area (Å²) < 4.78 is 1.35. The lowest BCUT2D eigenvalue weighted by Crippen LogP contribution is -2.02. The molecule has 0 aliphatic carbocycles. The molecule has 0 saturated heterocycles. The first-order chi connectivity index (χ1) is 9.63. The molecule has 20 heavy (non-hydrogen) atoms. The zero-order valence-electron chi connectivity index (χ0n) is 12.2. The minimum absolute atomic E-state index is 0.878. The summed E-state index contributed by atoms with van der Waals surface area (Å²) >= 11 is 1.79. The summed E-state index contributed by atoms with van der Waals surface area (Å²) in [6.07, 6.45) is 0. The molecule has 1 aromatic heterocycles. The van der Waals surface area contributed by atoms with E-state index in [4.69, 9.17) is 0 Å². The van der Waals surface area contributed by atoms with E-state index in [1.165, 1.54) is 38.0 Å². The summed E-state index contributed by atoms with van der Waals surface area (Å²) in [5.74, 6) is 0. The van der Waals surface area contributed by atoms with Crippen molar-refractivity contribution in [2.75, 3.05) is 5.32 Å². The molecule has 2 aromatic carbocycles. The van der Waals surface area contributed by atoms with Crippen molar-refractivity contribution in [1.29, 1.82) is 0 Å². The van der Waals surface area contributed by atoms with Gasteiger partial charge in [-0.3, -0.25) is 0 Å². The van der Waals surface area contributed by atoms with Crippen LogP contribution in [0.4, 0.5) is 5.69 Å². The maximum atomic E-state index is 3.54. The van der Waals surface area contributed by atoms with Gasteiger partial charge in [0.15, 0.2) is 0 Å². The summed E-state index contributed by atoms with van der Waals surface area (Å²) in [7, 11) is 0. The van der Waals surface area contributed by atoms with E-state index >= 15 is 0 Å². The van der Waals surface area contributed by atoms with E-state index in [1.54, 1.807) is 11.3 Å². The van der Waals surface area contributed by atoms with Crippen LogP contribution in [0.5, 0.6) is 0 Å². The van der Waals surface area contributed by atoms with Crippen LogP contribution >= 0.6 is 11.3 Å². The molecule has 3 aromatic rings. The fourth-order valence-corrected chi connectivity index (χ4v) is 3.26. The Morgan fingerprint density at radius 1 is 0.900 bits per heavy atom.